The van der Waals surface area contributed by atoms with E-state index in [4.69, 9.17) is 25.8 Å². The number of carbonyl (C=O) groups is 1. The summed E-state index contributed by atoms with van der Waals surface area (Å²) in [6.45, 7) is -0.427. The standard InChI is InChI=1S/C24H25ClN2O6S/c1-31-21-11-9-18(13-20(21)25)26-24(28)16-27(15-17-7-5-4-6-8-17)34(29,30)19-10-12-22(32-2)23(14-19)33-3/h4-14H,15-16H2,1-3H3,(H,26,28). The molecule has 0 aliphatic heterocycles. The van der Waals surface area contributed by atoms with Crippen LogP contribution in [0.1, 0.15) is 5.56 Å². The van der Waals surface area contributed by atoms with Gasteiger partial charge in [0.25, 0.3) is 0 Å². The summed E-state index contributed by atoms with van der Waals surface area (Å²) in [5.74, 6) is 0.591. The van der Waals surface area contributed by atoms with Gasteiger partial charge in [0.2, 0.25) is 15.9 Å². The van der Waals surface area contributed by atoms with Crippen LogP contribution in [0.3, 0.4) is 0 Å². The van der Waals surface area contributed by atoms with E-state index in [0.717, 1.165) is 9.87 Å². The minimum Gasteiger partial charge on any atom is -0.495 e. The molecule has 0 bridgehead atoms. The quantitative estimate of drug-likeness (QED) is 0.445. The third kappa shape index (κ3) is 5.99. The summed E-state index contributed by atoms with van der Waals surface area (Å²) in [5, 5.41) is 3.00. The molecule has 0 unspecified atom stereocenters. The minimum atomic E-state index is -4.07. The summed E-state index contributed by atoms with van der Waals surface area (Å²) < 4.78 is 43.7. The monoisotopic (exact) mass is 504 g/mol. The lowest BCUT2D eigenvalue weighted by molar-refractivity contribution is -0.116. The van der Waals surface area contributed by atoms with Crippen molar-refractivity contribution in [2.75, 3.05) is 33.2 Å². The van der Waals surface area contributed by atoms with Gasteiger partial charge >= 0.3 is 0 Å². The summed E-state index contributed by atoms with van der Waals surface area (Å²) in [6, 6.07) is 18.1. The first kappa shape index (κ1) is 25.4. The van der Waals surface area contributed by atoms with Gasteiger partial charge in [-0.2, -0.15) is 4.31 Å². The topological polar surface area (TPSA) is 94.2 Å². The summed E-state index contributed by atoms with van der Waals surface area (Å²) >= 11 is 6.13. The molecule has 3 rings (SSSR count). The molecule has 3 aromatic rings. The second-order valence-electron chi connectivity index (χ2n) is 7.17. The molecule has 0 fully saturated rings. The maximum Gasteiger partial charge on any atom is 0.243 e. The zero-order valence-electron chi connectivity index (χ0n) is 18.9. The van der Waals surface area contributed by atoms with Crippen molar-refractivity contribution >= 4 is 33.2 Å². The third-order valence-corrected chi connectivity index (χ3v) is 7.03. The molecular weight excluding hydrogens is 480 g/mol. The highest BCUT2D eigenvalue weighted by molar-refractivity contribution is 7.89. The number of ether oxygens (including phenoxy) is 3. The molecule has 0 saturated carbocycles. The first-order valence-corrected chi connectivity index (χ1v) is 12.0. The third-order valence-electron chi connectivity index (χ3n) is 4.95. The number of rotatable bonds is 10. The lowest BCUT2D eigenvalue weighted by atomic mass is 10.2. The second kappa shape index (κ2) is 11.2. The van der Waals surface area contributed by atoms with Gasteiger partial charge in [0, 0.05) is 18.3 Å². The number of benzene rings is 3. The maximum absolute atomic E-state index is 13.5. The van der Waals surface area contributed by atoms with Crippen LogP contribution in [-0.4, -0.2) is 46.5 Å². The Morgan fingerprint density at radius 1 is 0.882 bits per heavy atom. The number of anilines is 1. The van der Waals surface area contributed by atoms with Gasteiger partial charge in [-0.05, 0) is 35.9 Å². The van der Waals surface area contributed by atoms with Gasteiger partial charge in [0.15, 0.2) is 11.5 Å². The van der Waals surface area contributed by atoms with E-state index >= 15 is 0 Å². The van der Waals surface area contributed by atoms with E-state index in [1.54, 1.807) is 36.4 Å². The number of hydrogen-bond donors (Lipinski definition) is 1. The molecule has 0 atom stereocenters. The Morgan fingerprint density at radius 3 is 2.15 bits per heavy atom. The van der Waals surface area contributed by atoms with Crippen LogP contribution in [0.25, 0.3) is 0 Å². The van der Waals surface area contributed by atoms with Crippen molar-refractivity contribution in [2.24, 2.45) is 0 Å². The number of carbonyl (C=O) groups excluding carboxylic acids is 1. The van der Waals surface area contributed by atoms with Crippen LogP contribution < -0.4 is 19.5 Å². The Bertz CT molecular complexity index is 1250. The molecule has 0 aliphatic carbocycles. The molecule has 3 aromatic carbocycles. The van der Waals surface area contributed by atoms with Gasteiger partial charge in [0.05, 0.1) is 37.8 Å². The van der Waals surface area contributed by atoms with Gasteiger partial charge < -0.3 is 19.5 Å². The Labute approximate surface area is 204 Å². The molecule has 10 heteroatoms. The molecule has 0 heterocycles. The SMILES string of the molecule is COc1ccc(NC(=O)CN(Cc2ccccc2)S(=O)(=O)c2ccc(OC)c(OC)c2)cc1Cl. The summed E-state index contributed by atoms with van der Waals surface area (Å²) in [7, 11) is 0.296. The van der Waals surface area contributed by atoms with Crippen LogP contribution in [0.2, 0.25) is 5.02 Å². The van der Waals surface area contributed by atoms with Crippen LogP contribution in [0.4, 0.5) is 5.69 Å². The Kier molecular flexibility index (Phi) is 8.38. The summed E-state index contributed by atoms with van der Waals surface area (Å²) in [5.41, 5.74) is 1.14. The number of nitrogens with one attached hydrogen (secondary N) is 1. The van der Waals surface area contributed by atoms with Crippen LogP contribution in [0, 0.1) is 0 Å². The molecule has 180 valence electrons. The molecule has 0 aromatic heterocycles. The van der Waals surface area contributed by atoms with E-state index in [1.165, 1.54) is 45.6 Å². The summed E-state index contributed by atoms with van der Waals surface area (Å²) in [4.78, 5) is 12.8. The van der Waals surface area contributed by atoms with Crippen LogP contribution in [-0.2, 0) is 21.4 Å². The van der Waals surface area contributed by atoms with E-state index in [9.17, 15) is 13.2 Å². The Balaban J connectivity index is 1.90. The number of halogens is 1. The first-order valence-electron chi connectivity index (χ1n) is 10.2. The number of hydrogen-bond acceptors (Lipinski definition) is 6. The zero-order chi connectivity index (χ0) is 24.7. The zero-order valence-corrected chi connectivity index (χ0v) is 20.5. The first-order chi connectivity index (χ1) is 16.3. The van der Waals surface area contributed by atoms with Crippen molar-refractivity contribution < 1.29 is 27.4 Å². The highest BCUT2D eigenvalue weighted by Gasteiger charge is 2.28. The molecule has 34 heavy (non-hydrogen) atoms. The smallest absolute Gasteiger partial charge is 0.243 e. The Morgan fingerprint density at radius 2 is 1.53 bits per heavy atom. The Hall–Kier alpha value is -3.27. The van der Waals surface area contributed by atoms with E-state index in [-0.39, 0.29) is 17.2 Å². The lowest BCUT2D eigenvalue weighted by Gasteiger charge is -2.22. The number of amides is 1. The van der Waals surface area contributed by atoms with E-state index in [1.807, 2.05) is 6.07 Å². The molecule has 1 amide bonds. The molecule has 0 radical (unpaired) electrons. The molecule has 8 nitrogen and oxygen atoms in total. The van der Waals surface area contributed by atoms with Gasteiger partial charge in [-0.15, -0.1) is 0 Å². The fourth-order valence-corrected chi connectivity index (χ4v) is 4.90. The van der Waals surface area contributed by atoms with E-state index in [2.05, 4.69) is 5.32 Å². The number of methoxy groups -OCH3 is 3. The average Bonchev–Trinajstić information content (AvgIpc) is 2.83. The normalized spacial score (nSPS) is 11.2. The lowest BCUT2D eigenvalue weighted by Crippen LogP contribution is -2.37. The van der Waals surface area contributed by atoms with Crippen molar-refractivity contribution in [2.45, 2.75) is 11.4 Å². The molecule has 0 aliphatic rings. The van der Waals surface area contributed by atoms with Crippen LogP contribution in [0.5, 0.6) is 17.2 Å². The molecule has 1 N–H and O–H groups in total. The fraction of sp³-hybridized carbons (Fsp3) is 0.208. The van der Waals surface area contributed by atoms with E-state index < -0.39 is 22.5 Å². The average molecular weight is 505 g/mol. The van der Waals surface area contributed by atoms with Crippen LogP contribution >= 0.6 is 11.6 Å². The number of sulfonamides is 1. The minimum absolute atomic E-state index is 0.00565. The number of nitrogens with zero attached hydrogens (tertiary/aromatic N) is 1. The highest BCUT2D eigenvalue weighted by atomic mass is 35.5. The van der Waals surface area contributed by atoms with Crippen molar-refractivity contribution in [1.82, 2.24) is 4.31 Å². The van der Waals surface area contributed by atoms with Crippen LogP contribution in [0.15, 0.2) is 71.6 Å². The fourth-order valence-electron chi connectivity index (χ4n) is 3.24. The second-order valence-corrected chi connectivity index (χ2v) is 9.52. The van der Waals surface area contributed by atoms with Crippen molar-refractivity contribution in [3.63, 3.8) is 0 Å². The van der Waals surface area contributed by atoms with Crippen molar-refractivity contribution in [3.8, 4) is 17.2 Å². The van der Waals surface area contributed by atoms with E-state index in [0.29, 0.717) is 22.2 Å². The maximum atomic E-state index is 13.5. The van der Waals surface area contributed by atoms with Crippen molar-refractivity contribution in [3.05, 3.63) is 77.3 Å². The van der Waals surface area contributed by atoms with Gasteiger partial charge in [0.1, 0.15) is 5.75 Å². The van der Waals surface area contributed by atoms with Gasteiger partial charge in [-0.3, -0.25) is 4.79 Å². The largest absolute Gasteiger partial charge is 0.495 e. The van der Waals surface area contributed by atoms with Gasteiger partial charge in [-0.25, -0.2) is 8.42 Å². The van der Waals surface area contributed by atoms with Gasteiger partial charge in [-0.1, -0.05) is 41.9 Å². The molecule has 0 saturated heterocycles. The molecule has 0 spiro atoms. The summed E-state index contributed by atoms with van der Waals surface area (Å²) in [6.07, 6.45) is 0. The van der Waals surface area contributed by atoms with Crippen molar-refractivity contribution in [1.29, 1.82) is 0 Å². The molecular formula is C24H25ClN2O6S. The predicted molar refractivity (Wildman–Crippen MR) is 130 cm³/mol. The predicted octanol–water partition coefficient (Wildman–Crippen LogP) is 4.20. The highest BCUT2D eigenvalue weighted by Crippen LogP contribution is 2.31.